The summed E-state index contributed by atoms with van der Waals surface area (Å²) in [5.74, 6) is 1.22. The third-order valence-electron chi connectivity index (χ3n) is 4.15. The van der Waals surface area contributed by atoms with E-state index in [1.807, 2.05) is 0 Å². The van der Waals surface area contributed by atoms with Crippen LogP contribution in [0.25, 0.3) is 0 Å². The number of unbranched alkanes of at least 4 members (excludes halogenated alkanes) is 4. The topological polar surface area (TPSA) is 26.3 Å². The zero-order valence-electron chi connectivity index (χ0n) is 14.2. The SMILES string of the molecule is CCCCCCCC(=O)OCC(CCC)C(C)CCC. The lowest BCUT2D eigenvalue weighted by Gasteiger charge is -2.23. The molecule has 20 heavy (non-hydrogen) atoms. The molecule has 0 aromatic rings. The van der Waals surface area contributed by atoms with Crippen LogP contribution in [-0.4, -0.2) is 12.6 Å². The van der Waals surface area contributed by atoms with Crippen molar-refractivity contribution in [2.75, 3.05) is 6.61 Å². The molecule has 0 saturated heterocycles. The Morgan fingerprint density at radius 1 is 0.900 bits per heavy atom. The zero-order valence-corrected chi connectivity index (χ0v) is 14.2. The van der Waals surface area contributed by atoms with E-state index in [2.05, 4.69) is 27.7 Å². The maximum Gasteiger partial charge on any atom is 0.305 e. The van der Waals surface area contributed by atoms with Gasteiger partial charge >= 0.3 is 5.97 Å². The van der Waals surface area contributed by atoms with Crippen molar-refractivity contribution in [2.24, 2.45) is 11.8 Å². The largest absolute Gasteiger partial charge is 0.465 e. The molecular formula is C18H36O2. The summed E-state index contributed by atoms with van der Waals surface area (Å²) in [6.45, 7) is 9.56. The molecule has 0 fully saturated rings. The number of esters is 1. The fourth-order valence-electron chi connectivity index (χ4n) is 2.74. The first kappa shape index (κ1) is 19.5. The second-order valence-electron chi connectivity index (χ2n) is 6.16. The van der Waals surface area contributed by atoms with Crippen molar-refractivity contribution in [3.8, 4) is 0 Å². The van der Waals surface area contributed by atoms with Crippen LogP contribution in [0.15, 0.2) is 0 Å². The fraction of sp³-hybridized carbons (Fsp3) is 0.944. The van der Waals surface area contributed by atoms with Gasteiger partial charge in [-0.25, -0.2) is 0 Å². The number of hydrogen-bond donors (Lipinski definition) is 0. The minimum absolute atomic E-state index is 0.00583. The molecule has 2 nitrogen and oxygen atoms in total. The third kappa shape index (κ3) is 10.3. The summed E-state index contributed by atoms with van der Waals surface area (Å²) < 4.78 is 5.49. The van der Waals surface area contributed by atoms with Gasteiger partial charge in [-0.1, -0.05) is 72.6 Å². The van der Waals surface area contributed by atoms with Gasteiger partial charge in [0.15, 0.2) is 0 Å². The second-order valence-corrected chi connectivity index (χ2v) is 6.16. The summed E-state index contributed by atoms with van der Waals surface area (Å²) >= 11 is 0. The van der Waals surface area contributed by atoms with E-state index in [-0.39, 0.29) is 5.97 Å². The van der Waals surface area contributed by atoms with Gasteiger partial charge < -0.3 is 4.74 Å². The summed E-state index contributed by atoms with van der Waals surface area (Å²) in [6.07, 6.45) is 11.3. The van der Waals surface area contributed by atoms with Gasteiger partial charge in [-0.3, -0.25) is 4.79 Å². The molecule has 0 aliphatic rings. The molecule has 0 aliphatic carbocycles. The third-order valence-corrected chi connectivity index (χ3v) is 4.15. The van der Waals surface area contributed by atoms with E-state index in [1.165, 1.54) is 44.9 Å². The summed E-state index contributed by atoms with van der Waals surface area (Å²) in [6, 6.07) is 0. The lowest BCUT2D eigenvalue weighted by molar-refractivity contribution is -0.145. The van der Waals surface area contributed by atoms with Crippen LogP contribution >= 0.6 is 0 Å². The number of carbonyl (C=O) groups is 1. The van der Waals surface area contributed by atoms with E-state index in [0.717, 1.165) is 12.8 Å². The van der Waals surface area contributed by atoms with Crippen LogP contribution in [0.3, 0.4) is 0 Å². The van der Waals surface area contributed by atoms with Crippen LogP contribution in [0.5, 0.6) is 0 Å². The predicted octanol–water partition coefficient (Wildman–Crippen LogP) is 5.74. The maximum absolute atomic E-state index is 11.7. The van der Waals surface area contributed by atoms with Gasteiger partial charge in [0.05, 0.1) is 6.61 Å². The summed E-state index contributed by atoms with van der Waals surface area (Å²) in [4.78, 5) is 11.7. The first-order chi connectivity index (χ1) is 9.65. The molecule has 120 valence electrons. The number of hydrogen-bond acceptors (Lipinski definition) is 2. The summed E-state index contributed by atoms with van der Waals surface area (Å²) in [7, 11) is 0. The van der Waals surface area contributed by atoms with Crippen LogP contribution in [-0.2, 0) is 9.53 Å². The van der Waals surface area contributed by atoms with Crippen LogP contribution in [0.1, 0.15) is 91.9 Å². The van der Waals surface area contributed by atoms with Crippen LogP contribution in [0, 0.1) is 11.8 Å². The fourth-order valence-corrected chi connectivity index (χ4v) is 2.74. The minimum Gasteiger partial charge on any atom is -0.465 e. The molecule has 0 saturated carbocycles. The van der Waals surface area contributed by atoms with E-state index in [9.17, 15) is 4.79 Å². The summed E-state index contributed by atoms with van der Waals surface area (Å²) in [5.41, 5.74) is 0. The molecule has 0 aliphatic heterocycles. The van der Waals surface area contributed by atoms with E-state index in [4.69, 9.17) is 4.74 Å². The highest BCUT2D eigenvalue weighted by atomic mass is 16.5. The molecule has 2 unspecified atom stereocenters. The molecule has 0 amide bonds. The molecular weight excluding hydrogens is 248 g/mol. The van der Waals surface area contributed by atoms with Crippen molar-refractivity contribution >= 4 is 5.97 Å². The highest BCUT2D eigenvalue weighted by molar-refractivity contribution is 5.69. The first-order valence-corrected chi connectivity index (χ1v) is 8.81. The zero-order chi connectivity index (χ0) is 15.2. The Morgan fingerprint density at radius 3 is 2.15 bits per heavy atom. The molecule has 0 radical (unpaired) electrons. The van der Waals surface area contributed by atoms with Crippen molar-refractivity contribution in [3.05, 3.63) is 0 Å². The second kappa shape index (κ2) is 13.5. The average Bonchev–Trinajstić information content (AvgIpc) is 2.43. The van der Waals surface area contributed by atoms with E-state index in [1.54, 1.807) is 0 Å². The molecule has 0 spiro atoms. The molecule has 0 bridgehead atoms. The van der Waals surface area contributed by atoms with E-state index < -0.39 is 0 Å². The molecule has 0 aromatic heterocycles. The number of rotatable bonds is 13. The normalized spacial score (nSPS) is 14.0. The van der Waals surface area contributed by atoms with Gasteiger partial charge in [-0.2, -0.15) is 0 Å². The van der Waals surface area contributed by atoms with Crippen molar-refractivity contribution in [1.29, 1.82) is 0 Å². The highest BCUT2D eigenvalue weighted by Crippen LogP contribution is 2.22. The molecule has 2 heteroatoms. The van der Waals surface area contributed by atoms with Gasteiger partial charge in [-0.15, -0.1) is 0 Å². The van der Waals surface area contributed by atoms with Crippen molar-refractivity contribution in [3.63, 3.8) is 0 Å². The van der Waals surface area contributed by atoms with E-state index in [0.29, 0.717) is 24.9 Å². The van der Waals surface area contributed by atoms with Gasteiger partial charge in [0.25, 0.3) is 0 Å². The molecule has 0 N–H and O–H groups in total. The smallest absolute Gasteiger partial charge is 0.305 e. The predicted molar refractivity (Wildman–Crippen MR) is 86.8 cm³/mol. The quantitative estimate of drug-likeness (QED) is 0.318. The maximum atomic E-state index is 11.7. The van der Waals surface area contributed by atoms with Crippen molar-refractivity contribution < 1.29 is 9.53 Å². The summed E-state index contributed by atoms with van der Waals surface area (Å²) in [5, 5.41) is 0. The minimum atomic E-state index is 0.00583. The van der Waals surface area contributed by atoms with Gasteiger partial charge in [0, 0.05) is 6.42 Å². The lowest BCUT2D eigenvalue weighted by Crippen LogP contribution is -2.20. The Bertz CT molecular complexity index is 225. The Morgan fingerprint density at radius 2 is 1.55 bits per heavy atom. The van der Waals surface area contributed by atoms with Crippen molar-refractivity contribution in [2.45, 2.75) is 91.9 Å². The molecule has 0 rings (SSSR count). The molecule has 2 atom stereocenters. The Balaban J connectivity index is 3.81. The van der Waals surface area contributed by atoms with Crippen molar-refractivity contribution in [1.82, 2.24) is 0 Å². The van der Waals surface area contributed by atoms with Crippen LogP contribution in [0.4, 0.5) is 0 Å². The monoisotopic (exact) mass is 284 g/mol. The molecule has 0 aromatic carbocycles. The lowest BCUT2D eigenvalue weighted by atomic mass is 9.87. The van der Waals surface area contributed by atoms with Crippen LogP contribution in [0.2, 0.25) is 0 Å². The Kier molecular flexibility index (Phi) is 13.1. The van der Waals surface area contributed by atoms with E-state index >= 15 is 0 Å². The number of carbonyl (C=O) groups excluding carboxylic acids is 1. The Hall–Kier alpha value is -0.530. The average molecular weight is 284 g/mol. The number of ether oxygens (including phenoxy) is 1. The van der Waals surface area contributed by atoms with Crippen LogP contribution < -0.4 is 0 Å². The van der Waals surface area contributed by atoms with Gasteiger partial charge in [0.2, 0.25) is 0 Å². The first-order valence-electron chi connectivity index (χ1n) is 8.81. The van der Waals surface area contributed by atoms with Gasteiger partial charge in [-0.05, 0) is 24.7 Å². The van der Waals surface area contributed by atoms with Gasteiger partial charge in [0.1, 0.15) is 0 Å². The highest BCUT2D eigenvalue weighted by Gasteiger charge is 2.17. The standard InChI is InChI=1S/C18H36O2/c1-5-8-9-10-11-14-18(19)20-15-17(13-7-3)16(4)12-6-2/h16-17H,5-15H2,1-4H3. The molecule has 0 heterocycles. The Labute approximate surface area is 126 Å².